The van der Waals surface area contributed by atoms with Gasteiger partial charge in [-0.3, -0.25) is 18.7 Å². The number of aromatic nitrogens is 2. The van der Waals surface area contributed by atoms with Gasteiger partial charge in [-0.05, 0) is 35.7 Å². The number of ether oxygens (including phenoxy) is 5. The summed E-state index contributed by atoms with van der Waals surface area (Å²) in [4.78, 5) is 82.8. The zero-order valence-corrected chi connectivity index (χ0v) is 34.5. The van der Waals surface area contributed by atoms with Crippen molar-refractivity contribution >= 4 is 41.1 Å². The molecule has 0 bridgehead atoms. The molecule has 0 aliphatic carbocycles. The van der Waals surface area contributed by atoms with Gasteiger partial charge in [-0.15, -0.1) is 0 Å². The number of phosphoric ester groups is 1. The van der Waals surface area contributed by atoms with E-state index >= 15 is 0 Å². The lowest BCUT2D eigenvalue weighted by Crippen LogP contribution is -2.30. The highest BCUT2D eigenvalue weighted by Crippen LogP contribution is 2.66. The van der Waals surface area contributed by atoms with Gasteiger partial charge in [0.1, 0.15) is 43.8 Å². The molecule has 61 heavy (non-hydrogen) atoms. The topological polar surface area (TPSA) is 423 Å². The van der Waals surface area contributed by atoms with Gasteiger partial charge in [-0.2, -0.15) is 13.6 Å². The first kappa shape index (κ1) is 50.4. The number of amides is 2. The van der Waals surface area contributed by atoms with Crippen LogP contribution in [0.25, 0.3) is 20.9 Å². The smallest absolute Gasteiger partial charge is 0.490 e. The third kappa shape index (κ3) is 18.7. The van der Waals surface area contributed by atoms with Gasteiger partial charge in [0.2, 0.25) is 5.91 Å². The van der Waals surface area contributed by atoms with E-state index in [1.807, 2.05) is 6.92 Å². The van der Waals surface area contributed by atoms with Gasteiger partial charge in [-0.1, -0.05) is 35.1 Å². The molecule has 2 amide bonds. The van der Waals surface area contributed by atoms with Crippen LogP contribution in [0, 0.1) is 11.8 Å². The lowest BCUT2D eigenvalue weighted by Gasteiger charge is -2.21. The molecule has 3 rings (SSSR count). The molecule has 32 heteroatoms. The fraction of sp³-hybridized carbons (Fsp3) is 0.517. The molecule has 8 N–H and O–H groups in total. The Kier molecular flexibility index (Phi) is 20.3. The Morgan fingerprint density at radius 3 is 2.61 bits per heavy atom. The molecule has 0 spiro atoms. The van der Waals surface area contributed by atoms with Crippen molar-refractivity contribution in [1.29, 1.82) is 0 Å². The average Bonchev–Trinajstić information content (AvgIpc) is 3.58. The van der Waals surface area contributed by atoms with Crippen molar-refractivity contribution in [2.75, 3.05) is 58.6 Å². The largest absolute Gasteiger partial charge is 0.491 e. The number of nitrogens with one attached hydrogen (secondary N) is 2. The zero-order valence-electron chi connectivity index (χ0n) is 31.8. The van der Waals surface area contributed by atoms with Gasteiger partial charge in [0.15, 0.2) is 6.23 Å². The van der Waals surface area contributed by atoms with Gasteiger partial charge in [0.25, 0.3) is 5.91 Å². The molecule has 0 radical (unpaired) electrons. The summed E-state index contributed by atoms with van der Waals surface area (Å²) in [6.07, 6.45) is -3.08. The molecule has 5 unspecified atom stereocenters. The third-order valence-electron chi connectivity index (χ3n) is 7.27. The van der Waals surface area contributed by atoms with Crippen molar-refractivity contribution in [3.63, 3.8) is 0 Å². The number of hydrogen-bond acceptors (Lipinski definition) is 18. The molecule has 0 saturated carbocycles. The number of benzene rings is 1. The van der Waals surface area contributed by atoms with E-state index in [0.717, 1.165) is 17.2 Å². The van der Waals surface area contributed by atoms with E-state index in [4.69, 9.17) is 50.3 Å². The molecule has 334 valence electrons. The van der Waals surface area contributed by atoms with Crippen LogP contribution in [0.3, 0.4) is 0 Å². The summed E-state index contributed by atoms with van der Waals surface area (Å²) < 4.78 is 75.1. The van der Waals surface area contributed by atoms with Gasteiger partial charge < -0.3 is 59.6 Å². The van der Waals surface area contributed by atoms with Gasteiger partial charge >= 0.3 is 29.2 Å². The highest BCUT2D eigenvalue weighted by Gasteiger charge is 2.43. The number of phosphoric acid groups is 3. The number of anilines is 1. The average molecular weight is 924 g/mol. The van der Waals surface area contributed by atoms with Crippen LogP contribution in [0.4, 0.5) is 5.82 Å². The predicted molar refractivity (Wildman–Crippen MR) is 204 cm³/mol. The molecule has 1 fully saturated rings. The zero-order chi connectivity index (χ0) is 45.1. The number of hydrogen-bond donors (Lipinski definition) is 7. The number of carbonyl (C=O) groups is 2. The van der Waals surface area contributed by atoms with Crippen molar-refractivity contribution in [2.45, 2.75) is 44.4 Å². The summed E-state index contributed by atoms with van der Waals surface area (Å²) in [5.74, 6) is 4.47. The molecule has 6 atom stereocenters. The maximum Gasteiger partial charge on any atom is 0.490 e. The van der Waals surface area contributed by atoms with E-state index < -0.39 is 79.7 Å². The van der Waals surface area contributed by atoms with E-state index in [0.29, 0.717) is 17.9 Å². The van der Waals surface area contributed by atoms with Crippen LogP contribution in [0.15, 0.2) is 45.5 Å². The summed E-state index contributed by atoms with van der Waals surface area (Å²) in [5, 5.41) is 12.0. The van der Waals surface area contributed by atoms with Gasteiger partial charge in [0.05, 0.1) is 38.0 Å². The Balaban J connectivity index is 1.51. The summed E-state index contributed by atoms with van der Waals surface area (Å²) in [6, 6.07) is 6.40. The van der Waals surface area contributed by atoms with Crippen LogP contribution in [-0.2, 0) is 50.6 Å². The quantitative estimate of drug-likeness (QED) is 0.0185. The van der Waals surface area contributed by atoms with Crippen molar-refractivity contribution in [3.8, 4) is 17.6 Å². The second-order valence-corrected chi connectivity index (χ2v) is 16.2. The molecule has 2 heterocycles. The minimum atomic E-state index is -5.82. The van der Waals surface area contributed by atoms with Crippen LogP contribution < -0.4 is 26.8 Å². The predicted octanol–water partition coefficient (Wildman–Crippen LogP) is 1.47. The molecular weight excluding hydrogens is 883 g/mol. The van der Waals surface area contributed by atoms with E-state index in [2.05, 4.69) is 60.7 Å². The number of azide groups is 2. The van der Waals surface area contributed by atoms with Crippen LogP contribution >= 0.6 is 23.5 Å². The van der Waals surface area contributed by atoms with Crippen LogP contribution in [0.2, 0.25) is 0 Å². The summed E-state index contributed by atoms with van der Waals surface area (Å²) in [6.45, 7) is -0.0427. The first-order valence-corrected chi connectivity index (χ1v) is 21.8. The summed E-state index contributed by atoms with van der Waals surface area (Å²) in [7, 11) is -17.0. The van der Waals surface area contributed by atoms with E-state index in [1.165, 1.54) is 6.07 Å². The van der Waals surface area contributed by atoms with Crippen molar-refractivity contribution < 1.29 is 79.7 Å². The fourth-order valence-corrected chi connectivity index (χ4v) is 7.79. The van der Waals surface area contributed by atoms with Crippen molar-refractivity contribution in [1.82, 2.24) is 20.2 Å². The Bertz CT molecular complexity index is 2210. The number of carbonyl (C=O) groups excluding carboxylic acids is 2. The number of nitrogen functional groups attached to an aromatic ring is 1. The van der Waals surface area contributed by atoms with Crippen molar-refractivity contribution in [2.24, 2.45) is 10.2 Å². The number of rotatable bonds is 25. The lowest BCUT2D eigenvalue weighted by molar-refractivity contribution is -0.126. The minimum Gasteiger partial charge on any atom is -0.491 e. The number of nitrogens with two attached hydrogens (primary N) is 1. The standard InChI is InChI=1S/C29H40N11O18P3/c1-2-8-34-28(42)19-5-3-7-21(12-19)53-17-25(37-39-32)52-11-10-51-16-24(41)33-9-4-6-20-14-40(29(43)36-27(20)30)26-13-22(54-18-35-38-31)23(56-26)15-55-60(47,48)58-61(49,50)57-59(44,45)46/h3,5,7,12,14,22-23,25-26H,2,8-11,13,15-18H2,1H3,(H,33,41)(H,34,42)(H,47,48)(H,49,50)(H2,30,36,43)(H2,44,45,46)/t22-,23?,25?,26?/m0/s1. The van der Waals surface area contributed by atoms with E-state index in [9.17, 15) is 37.9 Å². The van der Waals surface area contributed by atoms with Crippen molar-refractivity contribution in [3.05, 3.63) is 73.0 Å². The SMILES string of the molecule is CCCNC(=O)c1cccc(OCC(N=[N+]=[N-])OCCOCC(=O)NCC#Cc2cn(C3C[C@H](OCN=[N+]=[N-])C(COP(=O)(O)OP(=O)(O)OP(=O)(O)O)O3)c(=O)nc2N)c1. The molecule has 1 saturated heterocycles. The molecule has 29 nitrogen and oxygen atoms in total. The normalized spacial score (nSPS) is 18.5. The van der Waals surface area contributed by atoms with E-state index in [1.54, 1.807) is 18.2 Å². The molecule has 1 aromatic heterocycles. The maximum atomic E-state index is 12.8. The summed E-state index contributed by atoms with van der Waals surface area (Å²) in [5.41, 5.74) is 22.8. The third-order valence-corrected chi connectivity index (χ3v) is 11.1. The summed E-state index contributed by atoms with van der Waals surface area (Å²) >= 11 is 0. The monoisotopic (exact) mass is 923 g/mol. The number of nitrogens with zero attached hydrogens (tertiary/aromatic N) is 8. The fourth-order valence-electron chi connectivity index (χ4n) is 4.76. The highest BCUT2D eigenvalue weighted by molar-refractivity contribution is 7.66. The first-order valence-electron chi connectivity index (χ1n) is 17.3. The van der Waals surface area contributed by atoms with Gasteiger partial charge in [-0.25, -0.2) is 18.5 Å². The highest BCUT2D eigenvalue weighted by atomic mass is 31.3. The minimum absolute atomic E-state index is 0.00199. The second kappa shape index (κ2) is 24.5. The molecular formula is C29H40N11O18P3. The Labute approximate surface area is 344 Å². The maximum absolute atomic E-state index is 12.8. The molecule has 1 aliphatic rings. The molecule has 2 aromatic rings. The Morgan fingerprint density at radius 2 is 1.90 bits per heavy atom. The first-order chi connectivity index (χ1) is 28.8. The Hall–Kier alpha value is -4.93. The van der Waals surface area contributed by atoms with Gasteiger partial charge in [0, 0.05) is 34.5 Å². The van der Waals surface area contributed by atoms with Crippen LogP contribution in [0.5, 0.6) is 5.75 Å². The van der Waals surface area contributed by atoms with Crippen LogP contribution in [-0.4, -0.2) is 112 Å². The lowest BCUT2D eigenvalue weighted by atomic mass is 10.2. The second-order valence-electron chi connectivity index (χ2n) is 11.8. The van der Waals surface area contributed by atoms with Crippen LogP contribution in [0.1, 0.15) is 41.9 Å². The molecule has 1 aliphatic heterocycles. The Morgan fingerprint density at radius 1 is 1.13 bits per heavy atom. The molecule has 1 aromatic carbocycles. The van der Waals surface area contributed by atoms with E-state index in [-0.39, 0.29) is 50.1 Å².